The Bertz CT molecular complexity index is 442. The predicted octanol–water partition coefficient (Wildman–Crippen LogP) is 1.19. The maximum absolute atomic E-state index is 12.1. The van der Waals surface area contributed by atoms with Crippen LogP contribution in [0.2, 0.25) is 0 Å². The first-order chi connectivity index (χ1) is 9.72. The quantitative estimate of drug-likeness (QED) is 0.848. The zero-order valence-corrected chi connectivity index (χ0v) is 12.0. The predicted molar refractivity (Wildman–Crippen MR) is 79.4 cm³/mol. The number of methoxy groups -OCH3 is 1. The second kappa shape index (κ2) is 7.38. The van der Waals surface area contributed by atoms with Crippen molar-refractivity contribution in [3.05, 3.63) is 29.8 Å². The van der Waals surface area contributed by atoms with Crippen LogP contribution in [0, 0.1) is 0 Å². The molecular weight excluding hydrogens is 254 g/mol. The lowest BCUT2D eigenvalue weighted by atomic mass is 10.1. The van der Waals surface area contributed by atoms with Crippen LogP contribution in [-0.4, -0.2) is 43.7 Å². The molecule has 1 aliphatic rings. The van der Waals surface area contributed by atoms with Crippen LogP contribution in [0.5, 0.6) is 0 Å². The fourth-order valence-corrected chi connectivity index (χ4v) is 2.52. The van der Waals surface area contributed by atoms with E-state index in [1.165, 1.54) is 0 Å². The molecule has 5 nitrogen and oxygen atoms in total. The van der Waals surface area contributed by atoms with Gasteiger partial charge in [0.05, 0.1) is 12.6 Å². The number of carbonyl (C=O) groups is 1. The zero-order valence-electron chi connectivity index (χ0n) is 12.0. The monoisotopic (exact) mass is 277 g/mol. The van der Waals surface area contributed by atoms with Crippen molar-refractivity contribution >= 4 is 11.6 Å². The van der Waals surface area contributed by atoms with Crippen LogP contribution in [0.3, 0.4) is 0 Å². The van der Waals surface area contributed by atoms with Gasteiger partial charge >= 0.3 is 0 Å². The van der Waals surface area contributed by atoms with Crippen LogP contribution in [0.1, 0.15) is 18.4 Å². The van der Waals surface area contributed by atoms with Gasteiger partial charge in [0.15, 0.2) is 0 Å². The Morgan fingerprint density at radius 3 is 2.75 bits per heavy atom. The number of piperidine rings is 1. The van der Waals surface area contributed by atoms with E-state index in [1.54, 1.807) is 7.11 Å². The Morgan fingerprint density at radius 1 is 1.40 bits per heavy atom. The molecule has 2 rings (SSSR count). The molecule has 1 fully saturated rings. The summed E-state index contributed by atoms with van der Waals surface area (Å²) in [4.78, 5) is 14.2. The number of nitrogens with one attached hydrogen (secondary N) is 1. The molecule has 0 radical (unpaired) electrons. The van der Waals surface area contributed by atoms with Gasteiger partial charge in [0.25, 0.3) is 0 Å². The third-order valence-corrected chi connectivity index (χ3v) is 3.75. The maximum Gasteiger partial charge on any atom is 0.238 e. The maximum atomic E-state index is 12.1. The van der Waals surface area contributed by atoms with Crippen molar-refractivity contribution in [2.45, 2.75) is 25.5 Å². The van der Waals surface area contributed by atoms with E-state index in [2.05, 4.69) is 10.2 Å². The normalized spacial score (nSPS) is 17.1. The molecule has 1 heterocycles. The Labute approximate surface area is 120 Å². The van der Waals surface area contributed by atoms with E-state index in [9.17, 15) is 4.79 Å². The highest BCUT2D eigenvalue weighted by atomic mass is 16.5. The first-order valence-electron chi connectivity index (χ1n) is 7.06. The summed E-state index contributed by atoms with van der Waals surface area (Å²) in [5.74, 6) is 0.0155. The molecule has 0 aliphatic carbocycles. The number of nitrogens with zero attached hydrogens (tertiary/aromatic N) is 1. The highest BCUT2D eigenvalue weighted by Crippen LogP contribution is 2.15. The number of ether oxygens (including phenoxy) is 1. The van der Waals surface area contributed by atoms with Crippen molar-refractivity contribution in [1.29, 1.82) is 0 Å². The van der Waals surface area contributed by atoms with Gasteiger partial charge in [-0.05, 0) is 24.5 Å². The van der Waals surface area contributed by atoms with Gasteiger partial charge in [-0.25, -0.2) is 0 Å². The van der Waals surface area contributed by atoms with E-state index in [0.717, 1.165) is 37.2 Å². The Hall–Kier alpha value is -1.43. The molecule has 0 aromatic heterocycles. The highest BCUT2D eigenvalue weighted by molar-refractivity contribution is 5.93. The van der Waals surface area contributed by atoms with Crippen LogP contribution in [0.15, 0.2) is 24.3 Å². The summed E-state index contributed by atoms with van der Waals surface area (Å²) in [5.41, 5.74) is 7.43. The molecule has 1 aromatic rings. The Balaban J connectivity index is 1.84. The zero-order chi connectivity index (χ0) is 14.4. The van der Waals surface area contributed by atoms with Gasteiger partial charge in [-0.1, -0.05) is 18.2 Å². The largest absolute Gasteiger partial charge is 0.381 e. The van der Waals surface area contributed by atoms with Crippen LogP contribution >= 0.6 is 0 Å². The molecule has 3 N–H and O–H groups in total. The average Bonchev–Trinajstić information content (AvgIpc) is 2.48. The van der Waals surface area contributed by atoms with Crippen molar-refractivity contribution in [3.8, 4) is 0 Å². The number of amides is 1. The van der Waals surface area contributed by atoms with E-state index in [4.69, 9.17) is 10.5 Å². The summed E-state index contributed by atoms with van der Waals surface area (Å²) in [6.07, 6.45) is 2.32. The van der Waals surface area contributed by atoms with Crippen molar-refractivity contribution < 1.29 is 9.53 Å². The summed E-state index contributed by atoms with van der Waals surface area (Å²) < 4.78 is 5.33. The number of rotatable bonds is 5. The number of anilines is 1. The first-order valence-corrected chi connectivity index (χ1v) is 7.06. The topological polar surface area (TPSA) is 67.6 Å². The van der Waals surface area contributed by atoms with E-state index in [1.807, 2.05) is 24.3 Å². The molecule has 0 saturated carbocycles. The van der Waals surface area contributed by atoms with Gasteiger partial charge in [-0.3, -0.25) is 9.69 Å². The summed E-state index contributed by atoms with van der Waals surface area (Å²) in [7, 11) is 1.75. The second-order valence-electron chi connectivity index (χ2n) is 5.12. The van der Waals surface area contributed by atoms with Crippen LogP contribution in [0.4, 0.5) is 5.69 Å². The molecule has 0 spiro atoms. The van der Waals surface area contributed by atoms with Gasteiger partial charge in [0.2, 0.25) is 5.91 Å². The van der Waals surface area contributed by atoms with Crippen LogP contribution in [-0.2, 0) is 16.1 Å². The van der Waals surface area contributed by atoms with Gasteiger partial charge in [0.1, 0.15) is 0 Å². The number of para-hydroxylation sites is 1. The molecule has 20 heavy (non-hydrogen) atoms. The third kappa shape index (κ3) is 4.03. The Morgan fingerprint density at radius 2 is 2.10 bits per heavy atom. The molecule has 1 amide bonds. The number of carbonyl (C=O) groups excluding carboxylic acids is 1. The van der Waals surface area contributed by atoms with E-state index in [0.29, 0.717) is 19.2 Å². The fraction of sp³-hybridized carbons (Fsp3) is 0.533. The molecule has 1 aromatic carbocycles. The lowest BCUT2D eigenvalue weighted by molar-refractivity contribution is -0.117. The minimum absolute atomic E-state index is 0.0155. The Kier molecular flexibility index (Phi) is 5.52. The van der Waals surface area contributed by atoms with Crippen LogP contribution < -0.4 is 11.1 Å². The lowest BCUT2D eigenvalue weighted by Gasteiger charge is -2.30. The average molecular weight is 277 g/mol. The molecular formula is C15H23N3O2. The molecule has 0 bridgehead atoms. The minimum Gasteiger partial charge on any atom is -0.381 e. The highest BCUT2D eigenvalue weighted by Gasteiger charge is 2.20. The molecule has 0 atom stereocenters. The summed E-state index contributed by atoms with van der Waals surface area (Å²) in [5, 5.41) is 2.94. The van der Waals surface area contributed by atoms with Crippen molar-refractivity contribution in [2.24, 2.45) is 5.73 Å². The molecule has 1 saturated heterocycles. The van der Waals surface area contributed by atoms with Gasteiger partial charge in [-0.2, -0.15) is 0 Å². The summed E-state index contributed by atoms with van der Waals surface area (Å²) in [6.45, 7) is 2.67. The number of likely N-dealkylation sites (tertiary alicyclic amines) is 1. The van der Waals surface area contributed by atoms with Gasteiger partial charge in [0, 0.05) is 32.4 Å². The first kappa shape index (κ1) is 15.0. The number of hydrogen-bond donors (Lipinski definition) is 2. The number of hydrogen-bond acceptors (Lipinski definition) is 4. The van der Waals surface area contributed by atoms with E-state index >= 15 is 0 Å². The number of benzene rings is 1. The SMILES string of the molecule is COC1CCN(CC(=O)Nc2ccccc2CN)CC1. The molecule has 0 unspecified atom stereocenters. The van der Waals surface area contributed by atoms with Crippen molar-refractivity contribution in [3.63, 3.8) is 0 Å². The van der Waals surface area contributed by atoms with Crippen molar-refractivity contribution in [2.75, 3.05) is 32.1 Å². The van der Waals surface area contributed by atoms with Gasteiger partial charge in [-0.15, -0.1) is 0 Å². The van der Waals surface area contributed by atoms with Crippen molar-refractivity contribution in [1.82, 2.24) is 4.90 Å². The van der Waals surface area contributed by atoms with E-state index in [-0.39, 0.29) is 5.91 Å². The lowest BCUT2D eigenvalue weighted by Crippen LogP contribution is -2.41. The third-order valence-electron chi connectivity index (χ3n) is 3.75. The molecule has 1 aliphatic heterocycles. The number of nitrogens with two attached hydrogens (primary N) is 1. The molecule has 5 heteroatoms. The minimum atomic E-state index is 0.0155. The standard InChI is InChI=1S/C15H23N3O2/c1-20-13-6-8-18(9-7-13)11-15(19)17-14-5-3-2-4-12(14)10-16/h2-5,13H,6-11,16H2,1H3,(H,17,19). The summed E-state index contributed by atoms with van der Waals surface area (Å²) in [6, 6.07) is 7.64. The van der Waals surface area contributed by atoms with E-state index < -0.39 is 0 Å². The van der Waals surface area contributed by atoms with Crippen LogP contribution in [0.25, 0.3) is 0 Å². The smallest absolute Gasteiger partial charge is 0.238 e. The molecule has 110 valence electrons. The fourth-order valence-electron chi connectivity index (χ4n) is 2.52. The second-order valence-corrected chi connectivity index (χ2v) is 5.12. The summed E-state index contributed by atoms with van der Waals surface area (Å²) >= 11 is 0. The van der Waals surface area contributed by atoms with Gasteiger partial charge < -0.3 is 15.8 Å².